The molecule has 0 saturated carbocycles. The molecule has 1 heterocycles. The maximum absolute atomic E-state index is 12.5. The Morgan fingerprint density at radius 2 is 2.00 bits per heavy atom. The summed E-state index contributed by atoms with van der Waals surface area (Å²) in [5.41, 5.74) is 3.49. The summed E-state index contributed by atoms with van der Waals surface area (Å²) in [6, 6.07) is 16.7. The van der Waals surface area contributed by atoms with Crippen molar-refractivity contribution in [1.82, 2.24) is 10.6 Å². The first-order valence-corrected chi connectivity index (χ1v) is 9.83. The predicted octanol–water partition coefficient (Wildman–Crippen LogP) is 4.56. The zero-order valence-corrected chi connectivity index (χ0v) is 17.7. The van der Waals surface area contributed by atoms with Crippen LogP contribution in [0.1, 0.15) is 49.4 Å². The van der Waals surface area contributed by atoms with E-state index in [2.05, 4.69) is 42.7 Å². The van der Waals surface area contributed by atoms with Crippen LogP contribution in [0.3, 0.4) is 0 Å². The van der Waals surface area contributed by atoms with Crippen LogP contribution >= 0.6 is 12.4 Å². The van der Waals surface area contributed by atoms with Gasteiger partial charge in [-0.05, 0) is 63.4 Å². The van der Waals surface area contributed by atoms with E-state index in [0.29, 0.717) is 12.6 Å². The van der Waals surface area contributed by atoms with Gasteiger partial charge < -0.3 is 15.4 Å². The van der Waals surface area contributed by atoms with Crippen molar-refractivity contribution in [2.75, 3.05) is 6.54 Å². The topological polar surface area (TPSA) is 50.4 Å². The average Bonchev–Trinajstić information content (AvgIpc) is 2.67. The molecule has 0 spiro atoms. The van der Waals surface area contributed by atoms with Crippen LogP contribution in [-0.2, 0) is 11.4 Å². The number of hydrogen-bond donors (Lipinski definition) is 2. The zero-order chi connectivity index (χ0) is 19.2. The molecule has 2 aromatic carbocycles. The summed E-state index contributed by atoms with van der Waals surface area (Å²) >= 11 is 0. The van der Waals surface area contributed by atoms with E-state index >= 15 is 0 Å². The highest BCUT2D eigenvalue weighted by Gasteiger charge is 2.25. The second kappa shape index (κ2) is 10.5. The number of carbonyl (C=O) groups is 1. The third-order valence-corrected chi connectivity index (χ3v) is 5.22. The summed E-state index contributed by atoms with van der Waals surface area (Å²) in [5, 5.41) is 6.55. The van der Waals surface area contributed by atoms with Crippen LogP contribution in [0.15, 0.2) is 48.5 Å². The van der Waals surface area contributed by atoms with Gasteiger partial charge in [-0.3, -0.25) is 4.79 Å². The zero-order valence-electron chi connectivity index (χ0n) is 16.9. The first-order chi connectivity index (χ1) is 13.0. The van der Waals surface area contributed by atoms with E-state index in [4.69, 9.17) is 4.74 Å². The van der Waals surface area contributed by atoms with Gasteiger partial charge in [0, 0.05) is 12.0 Å². The third kappa shape index (κ3) is 6.25. The Morgan fingerprint density at radius 1 is 1.25 bits per heavy atom. The lowest BCUT2D eigenvalue weighted by atomic mass is 9.92. The van der Waals surface area contributed by atoms with E-state index in [1.165, 1.54) is 5.56 Å². The molecule has 1 saturated heterocycles. The van der Waals surface area contributed by atoms with Crippen molar-refractivity contribution < 1.29 is 9.53 Å². The van der Waals surface area contributed by atoms with Gasteiger partial charge in [-0.1, -0.05) is 42.0 Å². The Kier molecular flexibility index (Phi) is 8.34. The SMILES string of the molecule is Cc1cccc(COc2ccc(C(C)NC(=O)[C@H]3CCN[C@@H](C)C3)cc2)c1.Cl. The number of carbonyl (C=O) groups excluding carboxylic acids is 1. The van der Waals surface area contributed by atoms with Gasteiger partial charge in [0.15, 0.2) is 0 Å². The lowest BCUT2D eigenvalue weighted by molar-refractivity contribution is -0.126. The molecule has 1 aliphatic rings. The van der Waals surface area contributed by atoms with Crippen molar-refractivity contribution in [2.45, 2.75) is 52.3 Å². The van der Waals surface area contributed by atoms with Crippen molar-refractivity contribution in [3.63, 3.8) is 0 Å². The molecule has 1 aliphatic heterocycles. The van der Waals surface area contributed by atoms with E-state index in [-0.39, 0.29) is 30.3 Å². The molecule has 4 nitrogen and oxygen atoms in total. The summed E-state index contributed by atoms with van der Waals surface area (Å²) in [7, 11) is 0. The standard InChI is InChI=1S/C23H30N2O2.ClH/c1-16-5-4-6-19(13-16)15-27-22-9-7-20(8-10-22)18(3)25-23(26)21-11-12-24-17(2)14-21;/h4-10,13,17-18,21,24H,11-12,14-15H2,1-3H3,(H,25,26);1H/t17-,18?,21-;/m0./s1. The highest BCUT2D eigenvalue weighted by Crippen LogP contribution is 2.21. The molecule has 0 radical (unpaired) electrons. The molecule has 3 atom stereocenters. The fourth-order valence-electron chi connectivity index (χ4n) is 3.61. The van der Waals surface area contributed by atoms with Crippen LogP contribution in [-0.4, -0.2) is 18.5 Å². The fourth-order valence-corrected chi connectivity index (χ4v) is 3.61. The number of nitrogens with one attached hydrogen (secondary N) is 2. The Morgan fingerprint density at radius 3 is 2.68 bits per heavy atom. The lowest BCUT2D eigenvalue weighted by Crippen LogP contribution is -2.42. The van der Waals surface area contributed by atoms with E-state index < -0.39 is 0 Å². The van der Waals surface area contributed by atoms with E-state index in [0.717, 1.165) is 36.3 Å². The van der Waals surface area contributed by atoms with Crippen LogP contribution in [0, 0.1) is 12.8 Å². The van der Waals surface area contributed by atoms with Gasteiger partial charge in [0.2, 0.25) is 5.91 Å². The summed E-state index contributed by atoms with van der Waals surface area (Å²) in [5.74, 6) is 1.11. The molecule has 28 heavy (non-hydrogen) atoms. The van der Waals surface area contributed by atoms with Gasteiger partial charge in [0.25, 0.3) is 0 Å². The summed E-state index contributed by atoms with van der Waals surface area (Å²) < 4.78 is 5.88. The molecule has 152 valence electrons. The molecular weight excluding hydrogens is 372 g/mol. The maximum Gasteiger partial charge on any atom is 0.223 e. The number of hydrogen-bond acceptors (Lipinski definition) is 3. The monoisotopic (exact) mass is 402 g/mol. The Bertz CT molecular complexity index is 763. The van der Waals surface area contributed by atoms with E-state index in [1.54, 1.807) is 0 Å². The molecule has 3 rings (SSSR count). The molecule has 1 amide bonds. The van der Waals surface area contributed by atoms with Crippen molar-refractivity contribution in [2.24, 2.45) is 5.92 Å². The quantitative estimate of drug-likeness (QED) is 0.744. The average molecular weight is 403 g/mol. The summed E-state index contributed by atoms with van der Waals surface area (Å²) in [4.78, 5) is 12.5. The number of ether oxygens (including phenoxy) is 1. The number of benzene rings is 2. The number of amides is 1. The normalized spacial score (nSPS) is 20.0. The molecule has 2 aromatic rings. The lowest BCUT2D eigenvalue weighted by Gasteiger charge is -2.28. The molecular formula is C23H31ClN2O2. The number of rotatable bonds is 6. The van der Waals surface area contributed by atoms with E-state index in [1.807, 2.05) is 37.3 Å². The van der Waals surface area contributed by atoms with Crippen LogP contribution in [0.5, 0.6) is 5.75 Å². The minimum absolute atomic E-state index is 0. The Labute approximate surface area is 174 Å². The third-order valence-electron chi connectivity index (χ3n) is 5.22. The molecule has 0 bridgehead atoms. The van der Waals surface area contributed by atoms with Gasteiger partial charge in [-0.2, -0.15) is 0 Å². The molecule has 1 fully saturated rings. The smallest absolute Gasteiger partial charge is 0.223 e. The Hall–Kier alpha value is -2.04. The fraction of sp³-hybridized carbons (Fsp3) is 0.435. The first-order valence-electron chi connectivity index (χ1n) is 9.83. The van der Waals surface area contributed by atoms with Crippen LogP contribution in [0.4, 0.5) is 0 Å². The van der Waals surface area contributed by atoms with Crippen LogP contribution in [0.2, 0.25) is 0 Å². The highest BCUT2D eigenvalue weighted by molar-refractivity contribution is 5.85. The largest absolute Gasteiger partial charge is 0.489 e. The molecule has 1 unspecified atom stereocenters. The summed E-state index contributed by atoms with van der Waals surface area (Å²) in [6.07, 6.45) is 1.82. The van der Waals surface area contributed by atoms with Gasteiger partial charge in [0.1, 0.15) is 12.4 Å². The van der Waals surface area contributed by atoms with Gasteiger partial charge in [0.05, 0.1) is 6.04 Å². The number of halogens is 1. The molecule has 2 N–H and O–H groups in total. The highest BCUT2D eigenvalue weighted by atomic mass is 35.5. The molecule has 0 aromatic heterocycles. The van der Waals surface area contributed by atoms with Crippen LogP contribution < -0.4 is 15.4 Å². The summed E-state index contributed by atoms with van der Waals surface area (Å²) in [6.45, 7) is 7.73. The van der Waals surface area contributed by atoms with Gasteiger partial charge in [-0.25, -0.2) is 0 Å². The predicted molar refractivity (Wildman–Crippen MR) is 116 cm³/mol. The minimum atomic E-state index is -0.00600. The second-order valence-corrected chi connectivity index (χ2v) is 7.65. The number of aryl methyl sites for hydroxylation is 1. The van der Waals surface area contributed by atoms with Crippen molar-refractivity contribution in [3.8, 4) is 5.75 Å². The van der Waals surface area contributed by atoms with Crippen molar-refractivity contribution in [1.29, 1.82) is 0 Å². The minimum Gasteiger partial charge on any atom is -0.489 e. The van der Waals surface area contributed by atoms with Crippen molar-refractivity contribution >= 4 is 18.3 Å². The molecule has 5 heteroatoms. The van der Waals surface area contributed by atoms with Gasteiger partial charge in [-0.15, -0.1) is 12.4 Å². The maximum atomic E-state index is 12.5. The van der Waals surface area contributed by atoms with Crippen molar-refractivity contribution in [3.05, 3.63) is 65.2 Å². The second-order valence-electron chi connectivity index (χ2n) is 7.65. The first kappa shape index (κ1) is 22.3. The van der Waals surface area contributed by atoms with Crippen LogP contribution in [0.25, 0.3) is 0 Å². The van der Waals surface area contributed by atoms with Gasteiger partial charge >= 0.3 is 0 Å². The Balaban J connectivity index is 0.00000280. The van der Waals surface area contributed by atoms with E-state index in [9.17, 15) is 4.79 Å². The molecule has 0 aliphatic carbocycles. The number of piperidine rings is 1.